The van der Waals surface area contributed by atoms with Gasteiger partial charge in [-0.25, -0.2) is 0 Å². The van der Waals surface area contributed by atoms with E-state index in [1.807, 2.05) is 0 Å². The number of rotatable bonds is 4. The molecule has 1 aliphatic heterocycles. The number of hydrogen-bond acceptors (Lipinski definition) is 3. The van der Waals surface area contributed by atoms with Crippen molar-refractivity contribution in [2.24, 2.45) is 5.92 Å². The Balaban J connectivity index is 1.90. The molecule has 0 amide bonds. The van der Waals surface area contributed by atoms with E-state index in [1.165, 1.54) is 9.75 Å². The van der Waals surface area contributed by atoms with Gasteiger partial charge in [-0.2, -0.15) is 0 Å². The molecule has 16 heavy (non-hydrogen) atoms. The molecular formula is C13H18O2S. The number of thiophene rings is 1. The fourth-order valence-corrected chi connectivity index (χ4v) is 3.01. The number of hydrogen-bond donors (Lipinski definition) is 0. The van der Waals surface area contributed by atoms with Crippen LogP contribution in [0.15, 0.2) is 12.1 Å². The number of ether oxygens (including phenoxy) is 1. The van der Waals surface area contributed by atoms with Gasteiger partial charge in [0.05, 0.1) is 0 Å². The Kier molecular flexibility index (Phi) is 4.13. The van der Waals surface area contributed by atoms with Gasteiger partial charge in [0.1, 0.15) is 5.78 Å². The molecule has 0 bridgehead atoms. The summed E-state index contributed by atoms with van der Waals surface area (Å²) < 4.78 is 5.27. The standard InChI is InChI=1S/C13H18O2S/c1-2-11-3-4-12(16-11)9-13(14)10-5-7-15-8-6-10/h3-4,10H,2,5-9H2,1H3. The van der Waals surface area contributed by atoms with E-state index in [9.17, 15) is 4.79 Å². The summed E-state index contributed by atoms with van der Waals surface area (Å²) in [7, 11) is 0. The van der Waals surface area contributed by atoms with Gasteiger partial charge in [0.25, 0.3) is 0 Å². The van der Waals surface area contributed by atoms with E-state index >= 15 is 0 Å². The molecule has 1 fully saturated rings. The first-order chi connectivity index (χ1) is 7.79. The number of aryl methyl sites for hydroxylation is 1. The van der Waals surface area contributed by atoms with Crippen LogP contribution in [0.3, 0.4) is 0 Å². The first-order valence-electron chi connectivity index (χ1n) is 5.97. The van der Waals surface area contributed by atoms with E-state index in [0.717, 1.165) is 32.5 Å². The number of ketones is 1. The quantitative estimate of drug-likeness (QED) is 0.806. The van der Waals surface area contributed by atoms with Crippen molar-refractivity contribution < 1.29 is 9.53 Å². The predicted molar refractivity (Wildman–Crippen MR) is 66.0 cm³/mol. The zero-order valence-corrected chi connectivity index (χ0v) is 10.5. The lowest BCUT2D eigenvalue weighted by Gasteiger charge is -2.20. The summed E-state index contributed by atoms with van der Waals surface area (Å²) in [6.07, 6.45) is 3.50. The van der Waals surface area contributed by atoms with Crippen LogP contribution >= 0.6 is 11.3 Å². The molecular weight excluding hydrogens is 220 g/mol. The molecule has 2 heterocycles. The van der Waals surface area contributed by atoms with Gasteiger partial charge in [0.2, 0.25) is 0 Å². The van der Waals surface area contributed by atoms with E-state index in [1.54, 1.807) is 11.3 Å². The summed E-state index contributed by atoms with van der Waals surface area (Å²) in [5, 5.41) is 0. The van der Waals surface area contributed by atoms with Gasteiger partial charge >= 0.3 is 0 Å². The van der Waals surface area contributed by atoms with E-state index in [0.29, 0.717) is 12.2 Å². The highest BCUT2D eigenvalue weighted by molar-refractivity contribution is 7.12. The molecule has 88 valence electrons. The minimum Gasteiger partial charge on any atom is -0.381 e. The molecule has 1 aliphatic rings. The average molecular weight is 238 g/mol. The maximum atomic E-state index is 12.0. The highest BCUT2D eigenvalue weighted by atomic mass is 32.1. The minimum absolute atomic E-state index is 0.237. The van der Waals surface area contributed by atoms with Crippen molar-refractivity contribution >= 4 is 17.1 Å². The summed E-state index contributed by atoms with van der Waals surface area (Å²) in [6.45, 7) is 3.65. The van der Waals surface area contributed by atoms with Crippen LogP contribution in [0.2, 0.25) is 0 Å². The molecule has 0 saturated carbocycles. The van der Waals surface area contributed by atoms with Crippen molar-refractivity contribution in [3.8, 4) is 0 Å². The van der Waals surface area contributed by atoms with Gasteiger partial charge < -0.3 is 4.74 Å². The van der Waals surface area contributed by atoms with E-state index < -0.39 is 0 Å². The molecule has 0 unspecified atom stereocenters. The summed E-state index contributed by atoms with van der Waals surface area (Å²) in [4.78, 5) is 14.6. The zero-order chi connectivity index (χ0) is 11.4. The largest absolute Gasteiger partial charge is 0.381 e. The fraction of sp³-hybridized carbons (Fsp3) is 0.615. The number of Topliss-reactive ketones (excluding diaryl/α,β-unsaturated/α-hetero) is 1. The molecule has 3 heteroatoms. The summed E-state index contributed by atoms with van der Waals surface area (Å²) in [5.74, 6) is 0.633. The molecule has 1 aromatic heterocycles. The normalized spacial score (nSPS) is 17.6. The maximum Gasteiger partial charge on any atom is 0.141 e. The van der Waals surface area contributed by atoms with Crippen molar-refractivity contribution in [2.45, 2.75) is 32.6 Å². The van der Waals surface area contributed by atoms with Gasteiger partial charge in [-0.3, -0.25) is 4.79 Å². The van der Waals surface area contributed by atoms with E-state index in [2.05, 4.69) is 19.1 Å². The second-order valence-electron chi connectivity index (χ2n) is 4.25. The monoisotopic (exact) mass is 238 g/mol. The second kappa shape index (κ2) is 5.60. The molecule has 2 rings (SSSR count). The summed E-state index contributed by atoms with van der Waals surface area (Å²) in [6, 6.07) is 4.23. The van der Waals surface area contributed by atoms with Gasteiger partial charge in [-0.05, 0) is 31.4 Å². The topological polar surface area (TPSA) is 26.3 Å². The van der Waals surface area contributed by atoms with Crippen LogP contribution in [0, 0.1) is 5.92 Å². The third-order valence-corrected chi connectivity index (χ3v) is 4.32. The molecule has 0 aromatic carbocycles. The Bertz CT molecular complexity index is 351. The van der Waals surface area contributed by atoms with Crippen LogP contribution in [0.25, 0.3) is 0 Å². The van der Waals surface area contributed by atoms with Gasteiger partial charge in [-0.1, -0.05) is 6.92 Å². The third-order valence-electron chi connectivity index (χ3n) is 3.09. The van der Waals surface area contributed by atoms with Gasteiger partial charge in [0.15, 0.2) is 0 Å². The molecule has 2 nitrogen and oxygen atoms in total. The third kappa shape index (κ3) is 2.92. The van der Waals surface area contributed by atoms with Crippen LogP contribution in [-0.2, 0) is 22.4 Å². The molecule has 0 aliphatic carbocycles. The Morgan fingerprint density at radius 2 is 2.06 bits per heavy atom. The predicted octanol–water partition coefficient (Wildman–Crippen LogP) is 2.85. The summed E-state index contributed by atoms with van der Waals surface area (Å²) >= 11 is 1.77. The lowest BCUT2D eigenvalue weighted by Crippen LogP contribution is -2.24. The summed E-state index contributed by atoms with van der Waals surface area (Å²) in [5.41, 5.74) is 0. The van der Waals surface area contributed by atoms with Crippen LogP contribution in [0.4, 0.5) is 0 Å². The molecule has 0 spiro atoms. The molecule has 0 radical (unpaired) electrons. The fourth-order valence-electron chi connectivity index (χ4n) is 2.04. The minimum atomic E-state index is 0.237. The van der Waals surface area contributed by atoms with Crippen molar-refractivity contribution in [1.29, 1.82) is 0 Å². The average Bonchev–Trinajstić information content (AvgIpc) is 2.78. The molecule has 0 N–H and O–H groups in total. The number of carbonyl (C=O) groups excluding carboxylic acids is 1. The zero-order valence-electron chi connectivity index (χ0n) is 9.70. The lowest BCUT2D eigenvalue weighted by molar-refractivity contribution is -0.124. The van der Waals surface area contributed by atoms with Crippen LogP contribution < -0.4 is 0 Å². The first kappa shape index (κ1) is 11.8. The molecule has 0 atom stereocenters. The van der Waals surface area contributed by atoms with Gasteiger partial charge in [-0.15, -0.1) is 11.3 Å². The van der Waals surface area contributed by atoms with Crippen molar-refractivity contribution in [3.05, 3.63) is 21.9 Å². The number of carbonyl (C=O) groups is 1. The van der Waals surface area contributed by atoms with Crippen molar-refractivity contribution in [1.82, 2.24) is 0 Å². The van der Waals surface area contributed by atoms with Crippen LogP contribution in [0.5, 0.6) is 0 Å². The van der Waals surface area contributed by atoms with E-state index in [-0.39, 0.29) is 5.92 Å². The Labute approximate surface area is 101 Å². The molecule has 1 saturated heterocycles. The Hall–Kier alpha value is -0.670. The molecule has 1 aromatic rings. The second-order valence-corrected chi connectivity index (χ2v) is 5.50. The maximum absolute atomic E-state index is 12.0. The SMILES string of the molecule is CCc1ccc(CC(=O)C2CCOCC2)s1. The van der Waals surface area contributed by atoms with Crippen molar-refractivity contribution in [3.63, 3.8) is 0 Å². The Morgan fingerprint density at radius 1 is 1.38 bits per heavy atom. The lowest BCUT2D eigenvalue weighted by atomic mass is 9.93. The first-order valence-corrected chi connectivity index (χ1v) is 6.79. The van der Waals surface area contributed by atoms with Crippen molar-refractivity contribution in [2.75, 3.05) is 13.2 Å². The highest BCUT2D eigenvalue weighted by Gasteiger charge is 2.21. The smallest absolute Gasteiger partial charge is 0.141 e. The highest BCUT2D eigenvalue weighted by Crippen LogP contribution is 2.22. The van der Waals surface area contributed by atoms with Crippen LogP contribution in [0.1, 0.15) is 29.5 Å². The Morgan fingerprint density at radius 3 is 2.69 bits per heavy atom. The van der Waals surface area contributed by atoms with Gasteiger partial charge in [0, 0.05) is 35.3 Å². The van der Waals surface area contributed by atoms with Crippen LogP contribution in [-0.4, -0.2) is 19.0 Å². The van der Waals surface area contributed by atoms with E-state index in [4.69, 9.17) is 4.74 Å².